The van der Waals surface area contributed by atoms with Crippen LogP contribution in [0.4, 0.5) is 0 Å². The van der Waals surface area contributed by atoms with Crippen molar-refractivity contribution in [3.05, 3.63) is 63.8 Å². The van der Waals surface area contributed by atoms with E-state index in [9.17, 15) is 14.7 Å². The van der Waals surface area contributed by atoms with E-state index in [-0.39, 0.29) is 28.5 Å². The Hall–Kier alpha value is -2.18. The molecule has 0 aliphatic carbocycles. The molecule has 1 amide bonds. The number of amides is 1. The smallest absolute Gasteiger partial charge is 0.254 e. The summed E-state index contributed by atoms with van der Waals surface area (Å²) in [5, 5.41) is 10.6. The number of piperidine rings is 1. The first-order valence-electron chi connectivity index (χ1n) is 9.17. The van der Waals surface area contributed by atoms with E-state index < -0.39 is 6.10 Å². The predicted molar refractivity (Wildman–Crippen MR) is 104 cm³/mol. The summed E-state index contributed by atoms with van der Waals surface area (Å²) in [5.74, 6) is 0.0859. The zero-order chi connectivity index (χ0) is 19.4. The molecule has 0 spiro atoms. The second kappa shape index (κ2) is 8.67. The number of β-amino-alcohol motifs (C(OH)–C–C–N with tert-alkyl or cyclic N) is 1. The van der Waals surface area contributed by atoms with Crippen molar-refractivity contribution in [1.29, 1.82) is 0 Å². The van der Waals surface area contributed by atoms with Crippen molar-refractivity contribution in [2.45, 2.75) is 38.3 Å². The van der Waals surface area contributed by atoms with Crippen molar-refractivity contribution in [3.8, 4) is 0 Å². The molecule has 0 radical (unpaired) electrons. The molecule has 1 N–H and O–H groups in total. The number of nitrogens with zero attached hydrogens (tertiary/aromatic N) is 3. The minimum absolute atomic E-state index is 0.0502. The molecule has 3 rings (SSSR count). The molecule has 2 unspecified atom stereocenters. The number of halogens is 1. The molecule has 6 nitrogen and oxygen atoms in total. The minimum Gasteiger partial charge on any atom is -0.391 e. The molecular weight excluding hydrogens is 366 g/mol. The lowest BCUT2D eigenvalue weighted by Gasteiger charge is -2.36. The highest BCUT2D eigenvalue weighted by Gasteiger charge is 2.31. The molecule has 1 saturated heterocycles. The van der Waals surface area contributed by atoms with E-state index in [2.05, 4.69) is 4.98 Å². The maximum atomic E-state index is 12.6. The first-order chi connectivity index (χ1) is 12.9. The highest BCUT2D eigenvalue weighted by atomic mass is 35.5. The molecular formula is C20H24ClN3O3. The van der Waals surface area contributed by atoms with Crippen molar-refractivity contribution in [2.75, 3.05) is 13.1 Å². The summed E-state index contributed by atoms with van der Waals surface area (Å²) in [7, 11) is 0. The zero-order valence-corrected chi connectivity index (χ0v) is 16.0. The van der Waals surface area contributed by atoms with Gasteiger partial charge in [0.25, 0.3) is 5.56 Å². The van der Waals surface area contributed by atoms with Gasteiger partial charge in [-0.25, -0.2) is 4.98 Å². The predicted octanol–water partition coefficient (Wildman–Crippen LogP) is 2.30. The highest BCUT2D eigenvalue weighted by Crippen LogP contribution is 2.24. The molecule has 0 saturated carbocycles. The van der Waals surface area contributed by atoms with Gasteiger partial charge in [-0.2, -0.15) is 0 Å². The number of carbonyl (C=O) groups excluding carboxylic acids is 1. The van der Waals surface area contributed by atoms with Crippen LogP contribution in [-0.4, -0.2) is 44.7 Å². The lowest BCUT2D eigenvalue weighted by atomic mass is 9.92. The number of hydrogen-bond acceptors (Lipinski definition) is 4. The van der Waals surface area contributed by atoms with Crippen LogP contribution in [0.3, 0.4) is 0 Å². The Morgan fingerprint density at radius 1 is 1.37 bits per heavy atom. The van der Waals surface area contributed by atoms with Gasteiger partial charge in [-0.15, -0.1) is 0 Å². The van der Waals surface area contributed by atoms with Crippen molar-refractivity contribution < 1.29 is 9.90 Å². The largest absolute Gasteiger partial charge is 0.391 e. The zero-order valence-electron chi connectivity index (χ0n) is 15.3. The van der Waals surface area contributed by atoms with Gasteiger partial charge in [-0.1, -0.05) is 48.9 Å². The van der Waals surface area contributed by atoms with E-state index in [1.54, 1.807) is 4.90 Å². The van der Waals surface area contributed by atoms with Crippen LogP contribution in [0.25, 0.3) is 0 Å². The molecule has 2 heterocycles. The fourth-order valence-electron chi connectivity index (χ4n) is 3.50. The Morgan fingerprint density at radius 3 is 2.78 bits per heavy atom. The summed E-state index contributed by atoms with van der Waals surface area (Å²) in [5.41, 5.74) is 0.897. The number of aliphatic hydroxyl groups excluding tert-OH is 1. The third-order valence-corrected chi connectivity index (χ3v) is 5.41. The lowest BCUT2D eigenvalue weighted by Crippen LogP contribution is -2.48. The molecule has 1 aromatic heterocycles. The van der Waals surface area contributed by atoms with E-state index in [0.717, 1.165) is 5.56 Å². The van der Waals surface area contributed by atoms with Crippen molar-refractivity contribution >= 4 is 17.5 Å². The maximum absolute atomic E-state index is 12.6. The van der Waals surface area contributed by atoms with Crippen LogP contribution in [0.5, 0.6) is 0 Å². The van der Waals surface area contributed by atoms with Gasteiger partial charge in [0.15, 0.2) is 0 Å². The maximum Gasteiger partial charge on any atom is 0.254 e. The van der Waals surface area contributed by atoms with E-state index >= 15 is 0 Å². The molecule has 1 aliphatic heterocycles. The van der Waals surface area contributed by atoms with Gasteiger partial charge < -0.3 is 10.0 Å². The third kappa shape index (κ3) is 4.96. The van der Waals surface area contributed by atoms with Gasteiger partial charge in [-0.3, -0.25) is 14.2 Å². The van der Waals surface area contributed by atoms with Gasteiger partial charge in [0.1, 0.15) is 5.15 Å². The monoisotopic (exact) mass is 389 g/mol. The highest BCUT2D eigenvalue weighted by molar-refractivity contribution is 6.29. The molecule has 2 aromatic rings. The van der Waals surface area contributed by atoms with Gasteiger partial charge in [0.2, 0.25) is 5.91 Å². The summed E-state index contributed by atoms with van der Waals surface area (Å²) in [6, 6.07) is 11.2. The Labute approximate surface area is 163 Å². The summed E-state index contributed by atoms with van der Waals surface area (Å²) in [6.45, 7) is 3.28. The average molecular weight is 390 g/mol. The van der Waals surface area contributed by atoms with Crippen LogP contribution >= 0.6 is 11.6 Å². The lowest BCUT2D eigenvalue weighted by molar-refractivity contribution is -0.136. The van der Waals surface area contributed by atoms with Crippen LogP contribution in [0, 0.1) is 5.92 Å². The molecule has 1 aliphatic rings. The second-order valence-corrected chi connectivity index (χ2v) is 7.56. The molecule has 1 aromatic carbocycles. The Balaban J connectivity index is 1.56. The quantitative estimate of drug-likeness (QED) is 0.796. The molecule has 1 fully saturated rings. The number of aliphatic hydroxyl groups is 1. The fraction of sp³-hybridized carbons (Fsp3) is 0.450. The topological polar surface area (TPSA) is 75.4 Å². The SMILES string of the molecule is C[C@H](CC(=O)N1CCC(Cn2cnc(Cl)cc2=O)C(O)C1)c1ccccc1. The first kappa shape index (κ1) is 19.6. The first-order valence-corrected chi connectivity index (χ1v) is 9.54. The fourth-order valence-corrected chi connectivity index (χ4v) is 3.64. The minimum atomic E-state index is -0.669. The number of rotatable bonds is 5. The number of hydrogen-bond donors (Lipinski definition) is 1. The van der Waals surface area contributed by atoms with Crippen molar-refractivity contribution in [1.82, 2.24) is 14.5 Å². The molecule has 27 heavy (non-hydrogen) atoms. The van der Waals surface area contributed by atoms with Gasteiger partial charge >= 0.3 is 0 Å². The summed E-state index contributed by atoms with van der Waals surface area (Å²) >= 11 is 5.71. The van der Waals surface area contributed by atoms with E-state index in [4.69, 9.17) is 11.6 Å². The molecule has 144 valence electrons. The number of benzene rings is 1. The van der Waals surface area contributed by atoms with Crippen LogP contribution in [-0.2, 0) is 11.3 Å². The normalized spacial score (nSPS) is 21.1. The summed E-state index contributed by atoms with van der Waals surface area (Å²) in [4.78, 5) is 30.2. The second-order valence-electron chi connectivity index (χ2n) is 7.17. The Bertz CT molecular complexity index is 840. The Kier molecular flexibility index (Phi) is 6.29. The van der Waals surface area contributed by atoms with Gasteiger partial charge in [-0.05, 0) is 17.9 Å². The van der Waals surface area contributed by atoms with E-state index in [0.29, 0.717) is 32.5 Å². The number of carbonyl (C=O) groups is 1. The summed E-state index contributed by atoms with van der Waals surface area (Å²) < 4.78 is 1.45. The number of aromatic nitrogens is 2. The van der Waals surface area contributed by atoms with E-state index in [1.165, 1.54) is 17.0 Å². The third-order valence-electron chi connectivity index (χ3n) is 5.20. The van der Waals surface area contributed by atoms with E-state index in [1.807, 2.05) is 37.3 Å². The van der Waals surface area contributed by atoms with Gasteiger partial charge in [0.05, 0.1) is 12.4 Å². The van der Waals surface area contributed by atoms with Crippen LogP contribution in [0.2, 0.25) is 5.15 Å². The molecule has 3 atom stereocenters. The van der Waals surface area contributed by atoms with Crippen LogP contribution in [0.1, 0.15) is 31.2 Å². The molecule has 7 heteroatoms. The van der Waals surface area contributed by atoms with Crippen molar-refractivity contribution in [2.24, 2.45) is 5.92 Å². The Morgan fingerprint density at radius 2 is 2.11 bits per heavy atom. The molecule has 0 bridgehead atoms. The number of likely N-dealkylation sites (tertiary alicyclic amines) is 1. The van der Waals surface area contributed by atoms with Crippen LogP contribution in [0.15, 0.2) is 47.5 Å². The average Bonchev–Trinajstić information content (AvgIpc) is 2.66. The standard InChI is InChI=1S/C20H24ClN3O3/c1-14(15-5-3-2-4-6-15)9-19(26)23-8-7-16(17(25)12-23)11-24-13-22-18(21)10-20(24)27/h2-6,10,13-14,16-17,25H,7-9,11-12H2,1H3/t14-,16?,17?/m1/s1. The summed E-state index contributed by atoms with van der Waals surface area (Å²) in [6.07, 6.45) is 1.79. The van der Waals surface area contributed by atoms with Gasteiger partial charge in [0, 0.05) is 38.0 Å². The van der Waals surface area contributed by atoms with Crippen LogP contribution < -0.4 is 5.56 Å². The van der Waals surface area contributed by atoms with Crippen molar-refractivity contribution in [3.63, 3.8) is 0 Å².